The van der Waals surface area contributed by atoms with Gasteiger partial charge in [-0.05, 0) is 19.2 Å². The van der Waals surface area contributed by atoms with Crippen LogP contribution in [0.1, 0.15) is 17.5 Å². The number of nitrogens with one attached hydrogen (secondary N) is 1. The average Bonchev–Trinajstić information content (AvgIpc) is 2.89. The minimum atomic E-state index is -4.38. The topological polar surface area (TPSA) is 71.2 Å². The van der Waals surface area contributed by atoms with E-state index in [1.807, 2.05) is 0 Å². The molecule has 0 bridgehead atoms. The second kappa shape index (κ2) is 5.59. The number of alkyl halides is 3. The fraction of sp³-hybridized carbons (Fsp3) is 0.333. The predicted molar refractivity (Wildman–Crippen MR) is 63.6 cm³/mol. The third-order valence-corrected chi connectivity index (χ3v) is 2.74. The highest BCUT2D eigenvalue weighted by molar-refractivity contribution is 5.54. The van der Waals surface area contributed by atoms with Gasteiger partial charge in [0.2, 0.25) is 11.7 Å². The monoisotopic (exact) mass is 287 g/mol. The predicted octanol–water partition coefficient (Wildman–Crippen LogP) is 2.01. The molecule has 0 fully saturated rings. The van der Waals surface area contributed by atoms with Crippen molar-refractivity contribution in [3.63, 3.8) is 0 Å². The summed E-state index contributed by atoms with van der Waals surface area (Å²) in [5.74, 6) is 0.340. The molecule has 0 spiro atoms. The molecule has 108 valence electrons. The first kappa shape index (κ1) is 14.5. The summed E-state index contributed by atoms with van der Waals surface area (Å²) in [5.41, 5.74) is -0.339. The molecule has 0 radical (unpaired) electrons. The van der Waals surface area contributed by atoms with Crippen molar-refractivity contribution in [3.05, 3.63) is 35.7 Å². The van der Waals surface area contributed by atoms with Gasteiger partial charge in [-0.25, -0.2) is 0 Å². The maximum Gasteiger partial charge on any atom is 0.416 e. The third-order valence-electron chi connectivity index (χ3n) is 2.74. The van der Waals surface area contributed by atoms with E-state index in [0.717, 1.165) is 12.1 Å². The Bertz CT molecular complexity index is 562. The number of hydrogen-bond acceptors (Lipinski definition) is 5. The van der Waals surface area contributed by atoms with Gasteiger partial charge in [-0.1, -0.05) is 17.3 Å². The lowest BCUT2D eigenvalue weighted by Crippen LogP contribution is -2.20. The Hall–Kier alpha value is -1.93. The Morgan fingerprint density at radius 3 is 2.45 bits per heavy atom. The lowest BCUT2D eigenvalue weighted by atomic mass is 10.1. The molecular formula is C12H12F3N3O2. The van der Waals surface area contributed by atoms with Gasteiger partial charge in [0.25, 0.3) is 0 Å². The van der Waals surface area contributed by atoms with Gasteiger partial charge in [0.1, 0.15) is 6.04 Å². The first-order chi connectivity index (χ1) is 9.45. The zero-order valence-electron chi connectivity index (χ0n) is 10.5. The first-order valence-corrected chi connectivity index (χ1v) is 5.75. The van der Waals surface area contributed by atoms with Gasteiger partial charge < -0.3 is 14.9 Å². The van der Waals surface area contributed by atoms with E-state index < -0.39 is 17.8 Å². The van der Waals surface area contributed by atoms with Crippen molar-refractivity contribution >= 4 is 0 Å². The molecule has 1 heterocycles. The van der Waals surface area contributed by atoms with Gasteiger partial charge in [-0.3, -0.25) is 0 Å². The Morgan fingerprint density at radius 2 is 1.95 bits per heavy atom. The van der Waals surface area contributed by atoms with Crippen molar-refractivity contribution in [3.8, 4) is 11.4 Å². The maximum atomic E-state index is 12.4. The van der Waals surface area contributed by atoms with E-state index in [2.05, 4.69) is 15.5 Å². The van der Waals surface area contributed by atoms with Crippen LogP contribution >= 0.6 is 0 Å². The van der Waals surface area contributed by atoms with Crippen molar-refractivity contribution in [2.75, 3.05) is 13.7 Å². The Labute approximate surface area is 112 Å². The number of rotatable bonds is 4. The first-order valence-electron chi connectivity index (χ1n) is 5.75. The van der Waals surface area contributed by atoms with Crippen LogP contribution in [0, 0.1) is 0 Å². The van der Waals surface area contributed by atoms with Crippen molar-refractivity contribution in [1.82, 2.24) is 15.5 Å². The zero-order valence-corrected chi connectivity index (χ0v) is 10.5. The molecule has 0 aliphatic carbocycles. The lowest BCUT2D eigenvalue weighted by Gasteiger charge is -2.06. The molecule has 0 amide bonds. The van der Waals surface area contributed by atoms with E-state index in [4.69, 9.17) is 9.63 Å². The van der Waals surface area contributed by atoms with E-state index in [1.165, 1.54) is 12.1 Å². The van der Waals surface area contributed by atoms with Gasteiger partial charge in [0, 0.05) is 5.56 Å². The van der Waals surface area contributed by atoms with Gasteiger partial charge >= 0.3 is 6.18 Å². The number of benzene rings is 1. The van der Waals surface area contributed by atoms with Crippen LogP contribution in [-0.2, 0) is 6.18 Å². The lowest BCUT2D eigenvalue weighted by molar-refractivity contribution is -0.137. The molecule has 1 unspecified atom stereocenters. The number of aromatic nitrogens is 2. The number of nitrogens with zero attached hydrogens (tertiary/aromatic N) is 2. The molecule has 0 aliphatic rings. The minimum Gasteiger partial charge on any atom is -0.394 e. The largest absolute Gasteiger partial charge is 0.416 e. The second-order valence-corrected chi connectivity index (χ2v) is 4.06. The van der Waals surface area contributed by atoms with Crippen molar-refractivity contribution in [2.24, 2.45) is 0 Å². The molecular weight excluding hydrogens is 275 g/mol. The minimum absolute atomic E-state index is 0.169. The van der Waals surface area contributed by atoms with E-state index in [1.54, 1.807) is 7.05 Å². The fourth-order valence-electron chi connectivity index (χ4n) is 1.60. The van der Waals surface area contributed by atoms with Gasteiger partial charge in [0.15, 0.2) is 0 Å². The van der Waals surface area contributed by atoms with Crippen LogP contribution in [0.3, 0.4) is 0 Å². The standard InChI is InChI=1S/C12H12F3N3O2/c1-16-9(6-19)11-17-10(18-20-11)7-2-4-8(5-3-7)12(13,14)15/h2-5,9,16,19H,6H2,1H3. The summed E-state index contributed by atoms with van der Waals surface area (Å²) < 4.78 is 42.3. The molecule has 20 heavy (non-hydrogen) atoms. The molecule has 0 saturated heterocycles. The molecule has 1 aromatic heterocycles. The number of hydrogen-bond donors (Lipinski definition) is 2. The molecule has 5 nitrogen and oxygen atoms in total. The van der Waals surface area contributed by atoms with Gasteiger partial charge in [0.05, 0.1) is 12.2 Å². The molecule has 2 rings (SSSR count). The molecule has 1 atom stereocenters. The SMILES string of the molecule is CNC(CO)c1nc(-c2ccc(C(F)(F)F)cc2)no1. The van der Waals surface area contributed by atoms with Gasteiger partial charge in [-0.2, -0.15) is 18.2 Å². The molecule has 2 aromatic rings. The van der Waals surface area contributed by atoms with Crippen LogP contribution in [0.15, 0.2) is 28.8 Å². The summed E-state index contributed by atoms with van der Waals surface area (Å²) in [6.07, 6.45) is -4.38. The maximum absolute atomic E-state index is 12.4. The zero-order chi connectivity index (χ0) is 14.8. The smallest absolute Gasteiger partial charge is 0.394 e. The fourth-order valence-corrected chi connectivity index (χ4v) is 1.60. The highest BCUT2D eigenvalue weighted by Gasteiger charge is 2.30. The van der Waals surface area contributed by atoms with Gasteiger partial charge in [-0.15, -0.1) is 0 Å². The van der Waals surface area contributed by atoms with Crippen LogP contribution in [0.4, 0.5) is 13.2 Å². The molecule has 0 aliphatic heterocycles. The van der Waals surface area contributed by atoms with Crippen LogP contribution in [0.5, 0.6) is 0 Å². The summed E-state index contributed by atoms with van der Waals surface area (Å²) in [4.78, 5) is 4.03. The third kappa shape index (κ3) is 2.97. The summed E-state index contributed by atoms with van der Waals surface area (Å²) in [6, 6.07) is 3.93. The summed E-state index contributed by atoms with van der Waals surface area (Å²) in [6.45, 7) is -0.231. The highest BCUT2D eigenvalue weighted by atomic mass is 19.4. The second-order valence-electron chi connectivity index (χ2n) is 4.06. The Morgan fingerprint density at radius 1 is 1.30 bits per heavy atom. The quantitative estimate of drug-likeness (QED) is 0.900. The molecule has 0 saturated carbocycles. The van der Waals surface area contributed by atoms with Crippen LogP contribution in [-0.4, -0.2) is 28.9 Å². The number of aliphatic hydroxyl groups is 1. The normalized spacial score (nSPS) is 13.4. The number of likely N-dealkylation sites (N-methyl/N-ethyl adjacent to an activating group) is 1. The van der Waals surface area contributed by atoms with Crippen molar-refractivity contribution in [2.45, 2.75) is 12.2 Å². The summed E-state index contributed by atoms with van der Waals surface area (Å²) in [5, 5.41) is 15.5. The number of aliphatic hydroxyl groups excluding tert-OH is 1. The van der Waals surface area contributed by atoms with Crippen molar-refractivity contribution in [1.29, 1.82) is 0 Å². The number of halogens is 3. The average molecular weight is 287 g/mol. The van der Waals surface area contributed by atoms with E-state index >= 15 is 0 Å². The summed E-state index contributed by atoms with van der Waals surface area (Å²) >= 11 is 0. The molecule has 8 heteroatoms. The van der Waals surface area contributed by atoms with Crippen molar-refractivity contribution < 1.29 is 22.8 Å². The van der Waals surface area contributed by atoms with Crippen LogP contribution < -0.4 is 5.32 Å². The summed E-state index contributed by atoms with van der Waals surface area (Å²) in [7, 11) is 1.61. The molecule has 2 N–H and O–H groups in total. The van der Waals surface area contributed by atoms with Crippen LogP contribution in [0.25, 0.3) is 11.4 Å². The van der Waals surface area contributed by atoms with E-state index in [9.17, 15) is 13.2 Å². The Kier molecular flexibility index (Phi) is 4.05. The molecule has 1 aromatic carbocycles. The highest BCUT2D eigenvalue weighted by Crippen LogP contribution is 2.30. The van der Waals surface area contributed by atoms with Crippen LogP contribution in [0.2, 0.25) is 0 Å². The van der Waals surface area contributed by atoms with E-state index in [-0.39, 0.29) is 18.3 Å². The van der Waals surface area contributed by atoms with E-state index in [0.29, 0.717) is 5.56 Å². The Balaban J connectivity index is 2.24.